The monoisotopic (exact) mass is 390 g/mol. The van der Waals surface area contributed by atoms with E-state index in [0.717, 1.165) is 51.4 Å². The lowest BCUT2D eigenvalue weighted by Gasteiger charge is -2.21. The van der Waals surface area contributed by atoms with Crippen LogP contribution in [0.2, 0.25) is 5.02 Å². The Morgan fingerprint density at radius 3 is 2.46 bits per heavy atom. The number of halogens is 1. The number of benzene rings is 3. The minimum Gasteiger partial charge on any atom is -0.386 e. The van der Waals surface area contributed by atoms with Crippen LogP contribution in [0.4, 0.5) is 0 Å². The van der Waals surface area contributed by atoms with Crippen LogP contribution in [0.15, 0.2) is 66.7 Å². The molecule has 0 atom stereocenters. The SMILES string of the molecule is CC(C)(O)c1ccccc1-c1ccc2[nH]c(CCc3ccc(Cl)cc3)nc2c1. The second-order valence-electron chi connectivity index (χ2n) is 7.65. The highest BCUT2D eigenvalue weighted by atomic mass is 35.5. The number of H-pyrrole nitrogens is 1. The van der Waals surface area contributed by atoms with Crippen LogP contribution in [0, 0.1) is 0 Å². The number of hydrogen-bond donors (Lipinski definition) is 2. The average molecular weight is 391 g/mol. The summed E-state index contributed by atoms with van der Waals surface area (Å²) >= 11 is 5.95. The van der Waals surface area contributed by atoms with Crippen molar-refractivity contribution < 1.29 is 5.11 Å². The third-order valence-electron chi connectivity index (χ3n) is 4.99. The molecule has 4 aromatic rings. The molecule has 0 unspecified atom stereocenters. The van der Waals surface area contributed by atoms with Gasteiger partial charge in [0.25, 0.3) is 0 Å². The van der Waals surface area contributed by atoms with Crippen molar-refractivity contribution in [2.45, 2.75) is 32.3 Å². The first kappa shape index (κ1) is 18.7. The number of aromatic amines is 1. The Hall–Kier alpha value is -2.62. The first-order chi connectivity index (χ1) is 13.4. The molecule has 3 aromatic carbocycles. The zero-order valence-corrected chi connectivity index (χ0v) is 16.8. The van der Waals surface area contributed by atoms with Gasteiger partial charge in [-0.2, -0.15) is 0 Å². The quantitative estimate of drug-likeness (QED) is 0.446. The van der Waals surface area contributed by atoms with E-state index in [1.165, 1.54) is 5.56 Å². The maximum Gasteiger partial charge on any atom is 0.107 e. The second kappa shape index (κ2) is 7.42. The van der Waals surface area contributed by atoms with Crippen LogP contribution in [-0.4, -0.2) is 15.1 Å². The van der Waals surface area contributed by atoms with Gasteiger partial charge in [-0.05, 0) is 66.8 Å². The van der Waals surface area contributed by atoms with Crippen LogP contribution in [0.25, 0.3) is 22.2 Å². The molecule has 3 nitrogen and oxygen atoms in total. The molecule has 0 amide bonds. The lowest BCUT2D eigenvalue weighted by atomic mass is 9.89. The zero-order valence-electron chi connectivity index (χ0n) is 16.0. The standard InChI is InChI=1S/C24H23ClN2O/c1-24(2,28)20-6-4-3-5-19(20)17-10-13-21-22(15-17)27-23(26-21)14-9-16-7-11-18(25)12-8-16/h3-8,10-13,15,28H,9,14H2,1-2H3,(H,26,27). The number of nitrogens with one attached hydrogen (secondary N) is 1. The summed E-state index contributed by atoms with van der Waals surface area (Å²) in [5.41, 5.74) is 5.30. The summed E-state index contributed by atoms with van der Waals surface area (Å²) in [6.07, 6.45) is 1.75. The third kappa shape index (κ3) is 3.96. The zero-order chi connectivity index (χ0) is 19.7. The number of aromatic nitrogens is 2. The van der Waals surface area contributed by atoms with Crippen molar-refractivity contribution in [3.8, 4) is 11.1 Å². The van der Waals surface area contributed by atoms with Crippen molar-refractivity contribution in [3.05, 3.63) is 88.7 Å². The van der Waals surface area contributed by atoms with E-state index in [4.69, 9.17) is 16.6 Å². The molecule has 0 aliphatic heterocycles. The molecule has 1 heterocycles. The van der Waals surface area contributed by atoms with E-state index in [9.17, 15) is 5.11 Å². The first-order valence-corrected chi connectivity index (χ1v) is 9.83. The summed E-state index contributed by atoms with van der Waals surface area (Å²) in [6.45, 7) is 3.63. The minimum absolute atomic E-state index is 0.756. The van der Waals surface area contributed by atoms with E-state index in [1.54, 1.807) is 0 Å². The molecule has 0 saturated carbocycles. The summed E-state index contributed by atoms with van der Waals surface area (Å²) in [5.74, 6) is 0.970. The molecule has 28 heavy (non-hydrogen) atoms. The lowest BCUT2D eigenvalue weighted by Crippen LogP contribution is -2.16. The van der Waals surface area contributed by atoms with Crippen LogP contribution in [0.5, 0.6) is 0 Å². The van der Waals surface area contributed by atoms with Gasteiger partial charge in [-0.1, -0.05) is 54.1 Å². The first-order valence-electron chi connectivity index (χ1n) is 9.45. The van der Waals surface area contributed by atoms with E-state index in [2.05, 4.69) is 35.3 Å². The van der Waals surface area contributed by atoms with Gasteiger partial charge in [-0.15, -0.1) is 0 Å². The van der Waals surface area contributed by atoms with E-state index < -0.39 is 5.60 Å². The summed E-state index contributed by atoms with van der Waals surface area (Å²) in [6, 6.07) is 22.1. The molecule has 4 rings (SSSR count). The molecule has 0 fully saturated rings. The lowest BCUT2D eigenvalue weighted by molar-refractivity contribution is 0.0792. The molecular formula is C24H23ClN2O. The van der Waals surface area contributed by atoms with Gasteiger partial charge in [-0.25, -0.2) is 4.98 Å². The van der Waals surface area contributed by atoms with E-state index in [0.29, 0.717) is 0 Å². The number of aryl methyl sites for hydroxylation is 2. The normalized spacial score (nSPS) is 11.9. The fourth-order valence-electron chi connectivity index (χ4n) is 3.53. The summed E-state index contributed by atoms with van der Waals surface area (Å²) in [5, 5.41) is 11.3. The van der Waals surface area contributed by atoms with Gasteiger partial charge < -0.3 is 10.1 Å². The Balaban J connectivity index is 1.61. The van der Waals surface area contributed by atoms with Crippen molar-refractivity contribution in [1.82, 2.24) is 9.97 Å². The average Bonchev–Trinajstić information content (AvgIpc) is 3.09. The molecule has 0 aliphatic carbocycles. The van der Waals surface area contributed by atoms with Gasteiger partial charge in [0.1, 0.15) is 5.82 Å². The summed E-state index contributed by atoms with van der Waals surface area (Å²) in [7, 11) is 0. The van der Waals surface area contributed by atoms with Gasteiger partial charge in [0.2, 0.25) is 0 Å². The van der Waals surface area contributed by atoms with E-state index >= 15 is 0 Å². The molecule has 4 heteroatoms. The van der Waals surface area contributed by atoms with Gasteiger partial charge in [0, 0.05) is 11.4 Å². The number of aliphatic hydroxyl groups is 1. The fourth-order valence-corrected chi connectivity index (χ4v) is 3.65. The highest BCUT2D eigenvalue weighted by Gasteiger charge is 2.20. The van der Waals surface area contributed by atoms with Gasteiger partial charge in [-0.3, -0.25) is 0 Å². The van der Waals surface area contributed by atoms with Crippen LogP contribution in [0.3, 0.4) is 0 Å². The summed E-state index contributed by atoms with van der Waals surface area (Å²) < 4.78 is 0. The molecule has 1 aromatic heterocycles. The fraction of sp³-hybridized carbons (Fsp3) is 0.208. The highest BCUT2D eigenvalue weighted by molar-refractivity contribution is 6.30. The number of fused-ring (bicyclic) bond motifs is 1. The highest BCUT2D eigenvalue weighted by Crippen LogP contribution is 2.32. The Kier molecular flexibility index (Phi) is 4.96. The minimum atomic E-state index is -0.902. The molecule has 0 aliphatic rings. The Morgan fingerprint density at radius 1 is 0.964 bits per heavy atom. The number of imidazole rings is 1. The predicted octanol–water partition coefficient (Wildman–Crippen LogP) is 5.90. The molecule has 0 saturated heterocycles. The molecule has 0 spiro atoms. The van der Waals surface area contributed by atoms with Gasteiger partial charge >= 0.3 is 0 Å². The Morgan fingerprint density at radius 2 is 1.71 bits per heavy atom. The molecule has 0 radical (unpaired) electrons. The van der Waals surface area contributed by atoms with E-state index in [-0.39, 0.29) is 0 Å². The van der Waals surface area contributed by atoms with Crippen molar-refractivity contribution in [2.75, 3.05) is 0 Å². The van der Waals surface area contributed by atoms with Crippen molar-refractivity contribution >= 4 is 22.6 Å². The van der Waals surface area contributed by atoms with Crippen molar-refractivity contribution in [3.63, 3.8) is 0 Å². The third-order valence-corrected chi connectivity index (χ3v) is 5.25. The van der Waals surface area contributed by atoms with Gasteiger partial charge in [0.05, 0.1) is 16.6 Å². The maximum absolute atomic E-state index is 10.5. The molecule has 0 bridgehead atoms. The van der Waals surface area contributed by atoms with Crippen LogP contribution in [0.1, 0.15) is 30.8 Å². The topological polar surface area (TPSA) is 48.9 Å². The van der Waals surface area contributed by atoms with Crippen LogP contribution in [-0.2, 0) is 18.4 Å². The maximum atomic E-state index is 10.5. The Labute approximate surface area is 170 Å². The van der Waals surface area contributed by atoms with Crippen LogP contribution < -0.4 is 0 Å². The number of rotatable bonds is 5. The second-order valence-corrected chi connectivity index (χ2v) is 8.08. The van der Waals surface area contributed by atoms with Crippen molar-refractivity contribution in [1.29, 1.82) is 0 Å². The summed E-state index contributed by atoms with van der Waals surface area (Å²) in [4.78, 5) is 8.19. The van der Waals surface area contributed by atoms with Crippen molar-refractivity contribution in [2.24, 2.45) is 0 Å². The molecular weight excluding hydrogens is 368 g/mol. The smallest absolute Gasteiger partial charge is 0.107 e. The Bertz CT molecular complexity index is 1110. The predicted molar refractivity (Wildman–Crippen MR) is 116 cm³/mol. The van der Waals surface area contributed by atoms with Gasteiger partial charge in [0.15, 0.2) is 0 Å². The van der Waals surface area contributed by atoms with E-state index in [1.807, 2.05) is 50.2 Å². The largest absolute Gasteiger partial charge is 0.386 e. The van der Waals surface area contributed by atoms with Crippen LogP contribution >= 0.6 is 11.6 Å². The molecule has 142 valence electrons. The number of hydrogen-bond acceptors (Lipinski definition) is 2. The molecule has 2 N–H and O–H groups in total. The number of nitrogens with zero attached hydrogens (tertiary/aromatic N) is 1.